The van der Waals surface area contributed by atoms with Gasteiger partial charge in [0.1, 0.15) is 0 Å². The van der Waals surface area contributed by atoms with E-state index in [4.69, 9.17) is 10.8 Å². The minimum atomic E-state index is -0.861. The minimum Gasteiger partial charge on any atom is -0.465 e. The lowest BCUT2D eigenvalue weighted by Gasteiger charge is -2.34. The predicted octanol–water partition coefficient (Wildman–Crippen LogP) is 3.12. The third-order valence-electron chi connectivity index (χ3n) is 4.91. The van der Waals surface area contributed by atoms with Crippen LogP contribution in [-0.4, -0.2) is 52.5 Å². The van der Waals surface area contributed by atoms with E-state index in [1.54, 1.807) is 0 Å². The third-order valence-corrected chi connectivity index (χ3v) is 4.91. The number of carboxylic acid groups (broad SMARTS) is 1. The molecule has 7 nitrogen and oxygen atoms in total. The van der Waals surface area contributed by atoms with E-state index < -0.39 is 6.09 Å². The maximum Gasteiger partial charge on any atom is 0.407 e. The fraction of sp³-hybridized carbons (Fsp3) is 0.200. The number of nitrogens with zero attached hydrogens (tertiary/aromatic N) is 3. The standard InChI is InChI=1S/C20H21N5O2/c21-17-13-15(24-9-11-25(12-10-24)20(26)27)7-5-14(17)6-8-19-16-3-1-2-4-18(16)22-23-19/h1-8,13H,9-12,21H2,(H,22,23)(H,26,27)/b8-6+. The molecule has 2 heterocycles. The summed E-state index contributed by atoms with van der Waals surface area (Å²) in [6, 6.07) is 13.9. The number of hydrogen-bond donors (Lipinski definition) is 3. The predicted molar refractivity (Wildman–Crippen MR) is 108 cm³/mol. The number of carbonyl (C=O) groups is 1. The van der Waals surface area contributed by atoms with Gasteiger partial charge in [0.05, 0.1) is 11.2 Å². The van der Waals surface area contributed by atoms with Crippen molar-refractivity contribution in [2.24, 2.45) is 0 Å². The number of aromatic amines is 1. The van der Waals surface area contributed by atoms with Crippen molar-refractivity contribution in [3.8, 4) is 0 Å². The van der Waals surface area contributed by atoms with Crippen LogP contribution in [0.25, 0.3) is 23.1 Å². The molecule has 4 N–H and O–H groups in total. The lowest BCUT2D eigenvalue weighted by molar-refractivity contribution is 0.142. The molecule has 0 bridgehead atoms. The summed E-state index contributed by atoms with van der Waals surface area (Å²) in [7, 11) is 0. The number of rotatable bonds is 3. The molecule has 0 unspecified atom stereocenters. The van der Waals surface area contributed by atoms with Crippen LogP contribution in [0, 0.1) is 0 Å². The van der Waals surface area contributed by atoms with Gasteiger partial charge in [0.25, 0.3) is 0 Å². The average molecular weight is 363 g/mol. The van der Waals surface area contributed by atoms with Crippen LogP contribution in [0.15, 0.2) is 42.5 Å². The average Bonchev–Trinajstić information content (AvgIpc) is 3.10. The number of benzene rings is 2. The largest absolute Gasteiger partial charge is 0.465 e. The molecule has 1 saturated heterocycles. The van der Waals surface area contributed by atoms with Crippen molar-refractivity contribution in [3.05, 3.63) is 53.7 Å². The molecule has 0 saturated carbocycles. The lowest BCUT2D eigenvalue weighted by atomic mass is 10.1. The third kappa shape index (κ3) is 3.44. The fourth-order valence-electron chi connectivity index (χ4n) is 3.35. The fourth-order valence-corrected chi connectivity index (χ4v) is 3.35. The molecular formula is C20H21N5O2. The molecule has 4 rings (SSSR count). The number of hydrogen-bond acceptors (Lipinski definition) is 4. The van der Waals surface area contributed by atoms with E-state index in [2.05, 4.69) is 15.1 Å². The molecule has 0 radical (unpaired) electrons. The van der Waals surface area contributed by atoms with Crippen LogP contribution in [0.3, 0.4) is 0 Å². The maximum absolute atomic E-state index is 11.0. The Labute approximate surface area is 156 Å². The zero-order valence-electron chi connectivity index (χ0n) is 14.8. The van der Waals surface area contributed by atoms with E-state index in [-0.39, 0.29) is 0 Å². The first kappa shape index (κ1) is 17.0. The molecule has 7 heteroatoms. The summed E-state index contributed by atoms with van der Waals surface area (Å²) < 4.78 is 0. The molecule has 1 aliphatic rings. The molecule has 1 aliphatic heterocycles. The molecule has 27 heavy (non-hydrogen) atoms. The SMILES string of the molecule is Nc1cc(N2CCN(C(=O)O)CC2)ccc1/C=C/c1n[nH]c2ccccc12. The highest BCUT2D eigenvalue weighted by Gasteiger charge is 2.20. The molecule has 3 aromatic rings. The second kappa shape index (κ2) is 7.03. The molecule has 1 amide bonds. The van der Waals surface area contributed by atoms with Crippen LogP contribution in [0.2, 0.25) is 0 Å². The van der Waals surface area contributed by atoms with Gasteiger partial charge in [-0.05, 0) is 29.8 Å². The Morgan fingerprint density at radius 2 is 1.89 bits per heavy atom. The Balaban J connectivity index is 1.50. The molecule has 1 aromatic heterocycles. The molecular weight excluding hydrogens is 342 g/mol. The topological polar surface area (TPSA) is 98.5 Å². The number of aromatic nitrogens is 2. The van der Waals surface area contributed by atoms with E-state index in [1.807, 2.05) is 54.6 Å². The summed E-state index contributed by atoms with van der Waals surface area (Å²) in [5.74, 6) is 0. The summed E-state index contributed by atoms with van der Waals surface area (Å²) in [5, 5.41) is 17.5. The zero-order valence-corrected chi connectivity index (χ0v) is 14.8. The first-order valence-corrected chi connectivity index (χ1v) is 8.85. The van der Waals surface area contributed by atoms with Gasteiger partial charge in [0.2, 0.25) is 0 Å². The Morgan fingerprint density at radius 1 is 1.11 bits per heavy atom. The van der Waals surface area contributed by atoms with Crippen molar-refractivity contribution in [3.63, 3.8) is 0 Å². The van der Waals surface area contributed by atoms with Crippen LogP contribution in [-0.2, 0) is 0 Å². The first-order valence-electron chi connectivity index (χ1n) is 8.85. The Kier molecular flexibility index (Phi) is 4.42. The second-order valence-corrected chi connectivity index (χ2v) is 6.56. The van der Waals surface area contributed by atoms with Gasteiger partial charge in [-0.25, -0.2) is 4.79 Å². The van der Waals surface area contributed by atoms with Gasteiger partial charge >= 0.3 is 6.09 Å². The number of nitrogens with one attached hydrogen (secondary N) is 1. The van der Waals surface area contributed by atoms with E-state index in [0.29, 0.717) is 31.9 Å². The minimum absolute atomic E-state index is 0.503. The Bertz CT molecular complexity index is 1000. The summed E-state index contributed by atoms with van der Waals surface area (Å²) in [6.45, 7) is 2.34. The highest BCUT2D eigenvalue weighted by Crippen LogP contribution is 2.25. The summed E-state index contributed by atoms with van der Waals surface area (Å²) in [6.07, 6.45) is 3.06. The summed E-state index contributed by atoms with van der Waals surface area (Å²) >= 11 is 0. The molecule has 138 valence electrons. The number of nitrogen functional groups attached to an aromatic ring is 1. The van der Waals surface area contributed by atoms with Crippen molar-refractivity contribution >= 4 is 40.5 Å². The van der Waals surface area contributed by atoms with Crippen LogP contribution < -0.4 is 10.6 Å². The van der Waals surface area contributed by atoms with Crippen LogP contribution in [0.5, 0.6) is 0 Å². The number of fused-ring (bicyclic) bond motifs is 1. The van der Waals surface area contributed by atoms with Gasteiger partial charge in [0.15, 0.2) is 0 Å². The number of piperazine rings is 1. The highest BCUT2D eigenvalue weighted by molar-refractivity contribution is 5.90. The normalized spacial score (nSPS) is 15.0. The van der Waals surface area contributed by atoms with Crippen LogP contribution >= 0.6 is 0 Å². The van der Waals surface area contributed by atoms with Crippen molar-refractivity contribution in [2.45, 2.75) is 0 Å². The van der Waals surface area contributed by atoms with E-state index in [1.165, 1.54) is 4.90 Å². The van der Waals surface area contributed by atoms with Gasteiger partial charge in [0, 0.05) is 42.9 Å². The van der Waals surface area contributed by atoms with Gasteiger partial charge in [-0.2, -0.15) is 5.10 Å². The maximum atomic E-state index is 11.0. The number of amides is 1. The van der Waals surface area contributed by atoms with Crippen molar-refractivity contribution < 1.29 is 9.90 Å². The van der Waals surface area contributed by atoms with Gasteiger partial charge < -0.3 is 20.6 Å². The van der Waals surface area contributed by atoms with E-state index in [9.17, 15) is 4.79 Å². The monoisotopic (exact) mass is 363 g/mol. The molecule has 2 aromatic carbocycles. The number of anilines is 2. The van der Waals surface area contributed by atoms with Crippen molar-refractivity contribution in [1.29, 1.82) is 0 Å². The van der Waals surface area contributed by atoms with E-state index in [0.717, 1.165) is 27.8 Å². The second-order valence-electron chi connectivity index (χ2n) is 6.56. The van der Waals surface area contributed by atoms with Gasteiger partial charge in [-0.15, -0.1) is 0 Å². The summed E-state index contributed by atoms with van der Waals surface area (Å²) in [5.41, 5.74) is 10.7. The molecule has 1 fully saturated rings. The number of nitrogens with two attached hydrogens (primary N) is 1. The Morgan fingerprint density at radius 3 is 2.63 bits per heavy atom. The van der Waals surface area contributed by atoms with Crippen molar-refractivity contribution in [2.75, 3.05) is 36.8 Å². The highest BCUT2D eigenvalue weighted by atomic mass is 16.4. The van der Waals surface area contributed by atoms with Crippen LogP contribution in [0.1, 0.15) is 11.3 Å². The van der Waals surface area contributed by atoms with Crippen LogP contribution in [0.4, 0.5) is 16.2 Å². The quantitative estimate of drug-likeness (QED) is 0.621. The van der Waals surface area contributed by atoms with Gasteiger partial charge in [-0.1, -0.05) is 30.3 Å². The first-order chi connectivity index (χ1) is 13.1. The zero-order chi connectivity index (χ0) is 18.8. The smallest absolute Gasteiger partial charge is 0.407 e. The molecule has 0 atom stereocenters. The number of H-pyrrole nitrogens is 1. The van der Waals surface area contributed by atoms with E-state index >= 15 is 0 Å². The molecule has 0 aliphatic carbocycles. The van der Waals surface area contributed by atoms with Crippen molar-refractivity contribution in [1.82, 2.24) is 15.1 Å². The van der Waals surface area contributed by atoms with Gasteiger partial charge in [-0.3, -0.25) is 5.10 Å². The number of para-hydroxylation sites is 1. The lowest BCUT2D eigenvalue weighted by Crippen LogP contribution is -2.48. The Hall–Kier alpha value is -3.48. The molecule has 0 spiro atoms. The summed E-state index contributed by atoms with van der Waals surface area (Å²) in [4.78, 5) is 14.6.